The lowest BCUT2D eigenvalue weighted by atomic mass is 10.00. The van der Waals surface area contributed by atoms with Crippen LogP contribution in [0.5, 0.6) is 0 Å². The van der Waals surface area contributed by atoms with E-state index in [1.807, 2.05) is 6.08 Å². The summed E-state index contributed by atoms with van der Waals surface area (Å²) in [5.74, 6) is 0. The zero-order valence-electron chi connectivity index (χ0n) is 10.7. The summed E-state index contributed by atoms with van der Waals surface area (Å²) in [5, 5.41) is 3.36. The Balaban J connectivity index is 1.99. The highest BCUT2D eigenvalue weighted by Crippen LogP contribution is 2.27. The van der Waals surface area contributed by atoms with Gasteiger partial charge in [0.2, 0.25) is 0 Å². The highest BCUT2D eigenvalue weighted by Gasteiger charge is 2.15. The number of aryl methyl sites for hydroxylation is 2. The summed E-state index contributed by atoms with van der Waals surface area (Å²) in [4.78, 5) is 2.49. The van der Waals surface area contributed by atoms with E-state index in [2.05, 4.69) is 41.9 Å². The van der Waals surface area contributed by atoms with Crippen LogP contribution >= 0.6 is 0 Å². The third kappa shape index (κ3) is 3.10. The Kier molecular flexibility index (Phi) is 4.21. The van der Waals surface area contributed by atoms with E-state index in [0.717, 1.165) is 19.6 Å². The number of nitrogens with zero attached hydrogens (tertiary/aromatic N) is 1. The number of hydrogen-bond acceptors (Lipinski definition) is 2. The first-order valence-corrected chi connectivity index (χ1v) is 6.47. The number of anilines is 1. The quantitative estimate of drug-likeness (QED) is 0.617. The predicted octanol–water partition coefficient (Wildman–Crippen LogP) is 2.52. The van der Waals surface area contributed by atoms with Crippen LogP contribution < -0.4 is 10.2 Å². The van der Waals surface area contributed by atoms with Crippen molar-refractivity contribution in [3.63, 3.8) is 0 Å². The van der Waals surface area contributed by atoms with Crippen molar-refractivity contribution >= 4 is 5.69 Å². The van der Waals surface area contributed by atoms with Crippen LogP contribution in [0.25, 0.3) is 0 Å². The van der Waals surface area contributed by atoms with Gasteiger partial charge in [0, 0.05) is 31.9 Å². The standard InChI is InChI=1S/C15H22N2/c1-3-8-16-9-11-17-10-4-5-14-12-13(2)6-7-15(14)17/h3,6-7,12,16H,1,4-5,8-11H2,2H3. The van der Waals surface area contributed by atoms with Gasteiger partial charge in [0.1, 0.15) is 0 Å². The van der Waals surface area contributed by atoms with Crippen molar-refractivity contribution in [3.8, 4) is 0 Å². The van der Waals surface area contributed by atoms with Gasteiger partial charge in [0.25, 0.3) is 0 Å². The SMILES string of the molecule is C=CCNCCN1CCCc2cc(C)ccc21. The van der Waals surface area contributed by atoms with Crippen LogP contribution in [-0.4, -0.2) is 26.2 Å². The molecule has 1 aromatic carbocycles. The molecule has 0 saturated carbocycles. The summed E-state index contributed by atoms with van der Waals surface area (Å²) >= 11 is 0. The van der Waals surface area contributed by atoms with E-state index in [4.69, 9.17) is 0 Å². The molecule has 0 bridgehead atoms. The van der Waals surface area contributed by atoms with E-state index in [1.165, 1.54) is 36.2 Å². The molecule has 92 valence electrons. The molecule has 0 saturated heterocycles. The van der Waals surface area contributed by atoms with Crippen molar-refractivity contribution in [1.29, 1.82) is 0 Å². The molecule has 0 fully saturated rings. The van der Waals surface area contributed by atoms with Crippen molar-refractivity contribution in [1.82, 2.24) is 5.32 Å². The molecule has 0 atom stereocenters. The Morgan fingerprint density at radius 1 is 1.47 bits per heavy atom. The van der Waals surface area contributed by atoms with Crippen molar-refractivity contribution < 1.29 is 0 Å². The second-order valence-corrected chi connectivity index (χ2v) is 4.72. The topological polar surface area (TPSA) is 15.3 Å². The lowest BCUT2D eigenvalue weighted by molar-refractivity contribution is 0.652. The molecule has 1 aromatic rings. The summed E-state index contributed by atoms with van der Waals surface area (Å²) in [5.41, 5.74) is 4.32. The average Bonchev–Trinajstić information content (AvgIpc) is 2.34. The minimum absolute atomic E-state index is 0.897. The van der Waals surface area contributed by atoms with Crippen LogP contribution in [0.2, 0.25) is 0 Å². The van der Waals surface area contributed by atoms with E-state index in [1.54, 1.807) is 0 Å². The first-order valence-electron chi connectivity index (χ1n) is 6.47. The number of fused-ring (bicyclic) bond motifs is 1. The van der Waals surface area contributed by atoms with Gasteiger partial charge in [-0.1, -0.05) is 23.8 Å². The molecule has 0 radical (unpaired) electrons. The van der Waals surface area contributed by atoms with E-state index in [0.29, 0.717) is 0 Å². The lowest BCUT2D eigenvalue weighted by Crippen LogP contribution is -2.35. The Hall–Kier alpha value is -1.28. The van der Waals surface area contributed by atoms with Gasteiger partial charge in [0.15, 0.2) is 0 Å². The third-order valence-corrected chi connectivity index (χ3v) is 3.30. The van der Waals surface area contributed by atoms with Crippen LogP contribution in [0.1, 0.15) is 17.5 Å². The van der Waals surface area contributed by atoms with E-state index in [9.17, 15) is 0 Å². The highest BCUT2D eigenvalue weighted by molar-refractivity contribution is 5.56. The minimum atomic E-state index is 0.897. The van der Waals surface area contributed by atoms with Crippen LogP contribution in [0.4, 0.5) is 5.69 Å². The summed E-state index contributed by atoms with van der Waals surface area (Å²) in [6, 6.07) is 6.82. The van der Waals surface area contributed by atoms with Crippen LogP contribution in [0.3, 0.4) is 0 Å². The maximum atomic E-state index is 3.71. The lowest BCUT2D eigenvalue weighted by Gasteiger charge is -2.31. The number of benzene rings is 1. The van der Waals surface area contributed by atoms with E-state index >= 15 is 0 Å². The maximum absolute atomic E-state index is 3.71. The second kappa shape index (κ2) is 5.87. The molecule has 1 N–H and O–H groups in total. The van der Waals surface area contributed by atoms with Crippen LogP contribution in [-0.2, 0) is 6.42 Å². The first-order chi connectivity index (χ1) is 8.31. The van der Waals surface area contributed by atoms with Crippen LogP contribution in [0.15, 0.2) is 30.9 Å². The molecular formula is C15H22N2. The van der Waals surface area contributed by atoms with E-state index < -0.39 is 0 Å². The van der Waals surface area contributed by atoms with Gasteiger partial charge in [-0.25, -0.2) is 0 Å². The molecule has 1 aliphatic rings. The molecule has 1 heterocycles. The Labute approximate surface area is 104 Å². The van der Waals surface area contributed by atoms with Gasteiger partial charge < -0.3 is 10.2 Å². The summed E-state index contributed by atoms with van der Waals surface area (Å²) in [6.07, 6.45) is 4.42. The fraction of sp³-hybridized carbons (Fsp3) is 0.467. The van der Waals surface area contributed by atoms with Gasteiger partial charge >= 0.3 is 0 Å². The Morgan fingerprint density at radius 2 is 2.35 bits per heavy atom. The van der Waals surface area contributed by atoms with E-state index in [-0.39, 0.29) is 0 Å². The molecule has 17 heavy (non-hydrogen) atoms. The molecule has 1 aliphatic heterocycles. The number of nitrogens with one attached hydrogen (secondary N) is 1. The van der Waals surface area contributed by atoms with Crippen molar-refractivity contribution in [3.05, 3.63) is 42.0 Å². The van der Waals surface area contributed by atoms with Crippen molar-refractivity contribution in [2.45, 2.75) is 19.8 Å². The Morgan fingerprint density at radius 3 is 3.18 bits per heavy atom. The molecule has 2 nitrogen and oxygen atoms in total. The van der Waals surface area contributed by atoms with Crippen molar-refractivity contribution in [2.24, 2.45) is 0 Å². The number of hydrogen-bond donors (Lipinski definition) is 1. The maximum Gasteiger partial charge on any atom is 0.0399 e. The van der Waals surface area contributed by atoms with Crippen molar-refractivity contribution in [2.75, 3.05) is 31.1 Å². The third-order valence-electron chi connectivity index (χ3n) is 3.30. The van der Waals surface area contributed by atoms with Gasteiger partial charge in [-0.05, 0) is 31.4 Å². The van der Waals surface area contributed by atoms with Crippen LogP contribution in [0, 0.1) is 6.92 Å². The average molecular weight is 230 g/mol. The molecule has 0 unspecified atom stereocenters. The molecule has 0 aliphatic carbocycles. The number of rotatable bonds is 5. The second-order valence-electron chi connectivity index (χ2n) is 4.72. The van der Waals surface area contributed by atoms with Gasteiger partial charge in [-0.2, -0.15) is 0 Å². The molecule has 0 spiro atoms. The minimum Gasteiger partial charge on any atom is -0.370 e. The van der Waals surface area contributed by atoms with Gasteiger partial charge in [0.05, 0.1) is 0 Å². The molecule has 2 heteroatoms. The molecule has 0 amide bonds. The highest BCUT2D eigenvalue weighted by atomic mass is 15.1. The Bertz CT molecular complexity index is 385. The smallest absolute Gasteiger partial charge is 0.0399 e. The van der Waals surface area contributed by atoms with Gasteiger partial charge in [-0.3, -0.25) is 0 Å². The predicted molar refractivity (Wildman–Crippen MR) is 74.8 cm³/mol. The fourth-order valence-electron chi connectivity index (χ4n) is 2.45. The summed E-state index contributed by atoms with van der Waals surface area (Å²) in [6.45, 7) is 10.1. The zero-order chi connectivity index (χ0) is 12.1. The summed E-state index contributed by atoms with van der Waals surface area (Å²) in [7, 11) is 0. The molecule has 2 rings (SSSR count). The van der Waals surface area contributed by atoms with Gasteiger partial charge in [-0.15, -0.1) is 6.58 Å². The largest absolute Gasteiger partial charge is 0.370 e. The monoisotopic (exact) mass is 230 g/mol. The normalized spacial score (nSPS) is 14.5. The summed E-state index contributed by atoms with van der Waals surface area (Å²) < 4.78 is 0. The molecular weight excluding hydrogens is 208 g/mol. The first kappa shape index (κ1) is 12.2. The molecule has 0 aromatic heterocycles. The zero-order valence-corrected chi connectivity index (χ0v) is 10.7. The fourth-order valence-corrected chi connectivity index (χ4v) is 2.45.